The number of allylic oxidation sites excluding steroid dienone is 6. The number of aliphatic hydroxyl groups is 7. The summed E-state index contributed by atoms with van der Waals surface area (Å²) in [5.74, 6) is -0.703. The summed E-state index contributed by atoms with van der Waals surface area (Å²) in [7, 11) is 0. The maximum atomic E-state index is 13.3. The molecule has 0 aromatic rings. The number of nitrogens with one attached hydrogen (secondary N) is 1. The molecular formula is C82H157NO10. The van der Waals surface area contributed by atoms with Gasteiger partial charge in [-0.15, -0.1) is 0 Å². The van der Waals surface area contributed by atoms with E-state index in [4.69, 9.17) is 9.47 Å². The van der Waals surface area contributed by atoms with Crippen LogP contribution in [0.1, 0.15) is 412 Å². The van der Waals surface area contributed by atoms with Crippen LogP contribution in [0, 0.1) is 0 Å². The van der Waals surface area contributed by atoms with Gasteiger partial charge in [0.25, 0.3) is 0 Å². The summed E-state index contributed by atoms with van der Waals surface area (Å²) in [5, 5.41) is 76.7. The van der Waals surface area contributed by atoms with Crippen molar-refractivity contribution in [3.05, 3.63) is 36.5 Å². The molecule has 93 heavy (non-hydrogen) atoms. The number of rotatable bonds is 73. The highest BCUT2D eigenvalue weighted by atomic mass is 16.7. The molecule has 0 saturated carbocycles. The van der Waals surface area contributed by atoms with Crippen LogP contribution in [0.25, 0.3) is 0 Å². The molecule has 9 atom stereocenters. The number of aliphatic hydroxyl groups excluding tert-OH is 7. The minimum atomic E-state index is -1.67. The molecule has 0 spiro atoms. The van der Waals surface area contributed by atoms with Gasteiger partial charge in [-0.3, -0.25) is 4.79 Å². The van der Waals surface area contributed by atoms with Gasteiger partial charge in [-0.2, -0.15) is 0 Å². The zero-order chi connectivity index (χ0) is 67.4. The van der Waals surface area contributed by atoms with Crippen molar-refractivity contribution in [2.75, 3.05) is 13.2 Å². The third kappa shape index (κ3) is 56.9. The summed E-state index contributed by atoms with van der Waals surface area (Å²) in [6, 6.07) is -1.19. The van der Waals surface area contributed by atoms with Crippen LogP contribution in [-0.2, 0) is 14.3 Å². The normalized spacial score (nSPS) is 18.4. The molecule has 0 radical (unpaired) electrons. The number of hydrogen-bond acceptors (Lipinski definition) is 10. The van der Waals surface area contributed by atoms with E-state index in [0.29, 0.717) is 19.3 Å². The number of ether oxygens (including phenoxy) is 2. The second kappa shape index (κ2) is 70.2. The SMILES string of the molecule is CCCCCCCCCCCCCCCCCC/C=C\CCCCCCCCCCCCCCCCCCC(O)C(=O)NC(COC1OC(CO)C(O)C(O)C1O)C(O)C(O)CCC/C=C/CC/C=C/CCCCCCCCCCCCCCCCCCCCCCC. The Bertz CT molecular complexity index is 1610. The minimum absolute atomic E-state index is 0.248. The fourth-order valence-corrected chi connectivity index (χ4v) is 13.4. The molecule has 9 unspecified atom stereocenters. The molecular weight excluding hydrogens is 1160 g/mol. The van der Waals surface area contributed by atoms with Crippen molar-refractivity contribution in [2.45, 2.75) is 467 Å². The molecule has 11 nitrogen and oxygen atoms in total. The van der Waals surface area contributed by atoms with E-state index in [9.17, 15) is 40.5 Å². The number of unbranched alkanes of at least 4 members (excludes halogenated alkanes) is 55. The Labute approximate surface area is 575 Å². The standard InChI is InChI=1S/C82H157NO10/c1-3-5-7-9-11-13-15-17-19-21-23-25-27-29-31-33-35-36-37-38-39-40-42-44-46-48-50-52-54-56-58-60-62-64-66-68-70-75(86)81(91)83-73(72-92-82-80(90)79(89)78(88)76(71-84)93-82)77(87)74(85)69-67-65-63-61-59-57-55-53-51-49-47-45-43-41-34-32-30-28-26-24-22-20-18-16-14-12-10-8-6-4-2/h36-37,53,55,61,63,73-80,82,84-90H,3-35,38-52,54,56-60,62,64-72H2,1-2H3,(H,83,91)/b37-36-,55-53+,63-61+. The minimum Gasteiger partial charge on any atom is -0.394 e. The highest BCUT2D eigenvalue weighted by Gasteiger charge is 2.44. The number of carbonyl (C=O) groups excluding carboxylic acids is 1. The van der Waals surface area contributed by atoms with E-state index in [1.165, 1.54) is 327 Å². The lowest BCUT2D eigenvalue weighted by molar-refractivity contribution is -0.303. The first kappa shape index (κ1) is 89.3. The van der Waals surface area contributed by atoms with Gasteiger partial charge in [0, 0.05) is 0 Å². The van der Waals surface area contributed by atoms with E-state index in [1.807, 2.05) is 0 Å². The van der Waals surface area contributed by atoms with Gasteiger partial charge >= 0.3 is 0 Å². The first-order chi connectivity index (χ1) is 45.7. The second-order valence-corrected chi connectivity index (χ2v) is 28.8. The van der Waals surface area contributed by atoms with Crippen molar-refractivity contribution < 1.29 is 50.0 Å². The first-order valence-corrected chi connectivity index (χ1v) is 40.9. The zero-order valence-corrected chi connectivity index (χ0v) is 61.3. The van der Waals surface area contributed by atoms with Crippen molar-refractivity contribution in [2.24, 2.45) is 0 Å². The van der Waals surface area contributed by atoms with Crippen LogP contribution in [0.2, 0.25) is 0 Å². The molecule has 550 valence electrons. The molecule has 8 N–H and O–H groups in total. The predicted octanol–water partition coefficient (Wildman–Crippen LogP) is 21.3. The zero-order valence-electron chi connectivity index (χ0n) is 61.3. The Hall–Kier alpha value is -1.67. The Kier molecular flexibility index (Phi) is 67.4. The number of hydrogen-bond donors (Lipinski definition) is 8. The lowest BCUT2D eigenvalue weighted by atomic mass is 9.98. The lowest BCUT2D eigenvalue weighted by Gasteiger charge is -2.40. The topological polar surface area (TPSA) is 189 Å². The van der Waals surface area contributed by atoms with Crippen LogP contribution in [0.5, 0.6) is 0 Å². The largest absolute Gasteiger partial charge is 0.394 e. The molecule has 11 heteroatoms. The molecule has 1 amide bonds. The number of carbonyl (C=O) groups is 1. The molecule has 1 rings (SSSR count). The van der Waals surface area contributed by atoms with Gasteiger partial charge in [-0.05, 0) is 77.0 Å². The maximum Gasteiger partial charge on any atom is 0.249 e. The van der Waals surface area contributed by atoms with Crippen molar-refractivity contribution in [1.29, 1.82) is 0 Å². The van der Waals surface area contributed by atoms with Crippen LogP contribution >= 0.6 is 0 Å². The summed E-state index contributed by atoms with van der Waals surface area (Å²) in [5.41, 5.74) is 0. The summed E-state index contributed by atoms with van der Waals surface area (Å²) in [4.78, 5) is 13.3. The summed E-state index contributed by atoms with van der Waals surface area (Å²) < 4.78 is 11.2. The summed E-state index contributed by atoms with van der Waals surface area (Å²) in [6.07, 6.45) is 81.4. The molecule has 1 saturated heterocycles. The van der Waals surface area contributed by atoms with E-state index in [-0.39, 0.29) is 12.8 Å². The van der Waals surface area contributed by atoms with E-state index in [2.05, 4.69) is 55.6 Å². The van der Waals surface area contributed by atoms with Gasteiger partial charge < -0.3 is 50.5 Å². The smallest absolute Gasteiger partial charge is 0.249 e. The highest BCUT2D eigenvalue weighted by Crippen LogP contribution is 2.24. The Morgan fingerprint density at radius 1 is 0.366 bits per heavy atom. The average Bonchev–Trinajstić information content (AvgIpc) is 1.04. The van der Waals surface area contributed by atoms with Gasteiger partial charge in [-0.1, -0.05) is 371 Å². The quantitative estimate of drug-likeness (QED) is 0.0215. The van der Waals surface area contributed by atoms with E-state index in [1.54, 1.807) is 0 Å². The van der Waals surface area contributed by atoms with Crippen LogP contribution in [0.4, 0.5) is 0 Å². The summed E-state index contributed by atoms with van der Waals surface area (Å²) >= 11 is 0. The fourth-order valence-electron chi connectivity index (χ4n) is 13.4. The van der Waals surface area contributed by atoms with Crippen LogP contribution in [-0.4, -0.2) is 110 Å². The Balaban J connectivity index is 2.14. The molecule has 1 heterocycles. The van der Waals surface area contributed by atoms with Gasteiger partial charge in [-0.25, -0.2) is 0 Å². The van der Waals surface area contributed by atoms with Crippen molar-refractivity contribution >= 4 is 5.91 Å². The van der Waals surface area contributed by atoms with Crippen molar-refractivity contribution in [1.82, 2.24) is 5.32 Å². The summed E-state index contributed by atoms with van der Waals surface area (Å²) in [6.45, 7) is 3.51. The predicted molar refractivity (Wildman–Crippen MR) is 395 cm³/mol. The molecule has 0 bridgehead atoms. The van der Waals surface area contributed by atoms with E-state index in [0.717, 1.165) is 38.5 Å². The van der Waals surface area contributed by atoms with Crippen LogP contribution in [0.15, 0.2) is 36.5 Å². The lowest BCUT2D eigenvalue weighted by Crippen LogP contribution is -2.60. The maximum absolute atomic E-state index is 13.3. The van der Waals surface area contributed by atoms with Crippen molar-refractivity contribution in [3.63, 3.8) is 0 Å². The van der Waals surface area contributed by atoms with Gasteiger partial charge in [0.15, 0.2) is 6.29 Å². The third-order valence-electron chi connectivity index (χ3n) is 19.9. The van der Waals surface area contributed by atoms with Crippen LogP contribution < -0.4 is 5.32 Å². The molecule has 1 fully saturated rings. The fraction of sp³-hybridized carbons (Fsp3) is 0.915. The van der Waals surface area contributed by atoms with E-state index >= 15 is 0 Å². The van der Waals surface area contributed by atoms with Gasteiger partial charge in [0.05, 0.1) is 25.4 Å². The Morgan fingerprint density at radius 3 is 0.957 bits per heavy atom. The third-order valence-corrected chi connectivity index (χ3v) is 19.9. The number of amides is 1. The van der Waals surface area contributed by atoms with Crippen LogP contribution in [0.3, 0.4) is 0 Å². The van der Waals surface area contributed by atoms with Crippen molar-refractivity contribution in [3.8, 4) is 0 Å². The molecule has 1 aliphatic heterocycles. The first-order valence-electron chi connectivity index (χ1n) is 40.9. The highest BCUT2D eigenvalue weighted by molar-refractivity contribution is 5.80. The molecule has 0 aromatic carbocycles. The van der Waals surface area contributed by atoms with Gasteiger partial charge in [0.1, 0.15) is 36.6 Å². The molecule has 1 aliphatic rings. The van der Waals surface area contributed by atoms with E-state index < -0.39 is 74.2 Å². The molecule has 0 aliphatic carbocycles. The van der Waals surface area contributed by atoms with Gasteiger partial charge in [0.2, 0.25) is 5.91 Å². The second-order valence-electron chi connectivity index (χ2n) is 28.8. The molecule has 0 aromatic heterocycles. The Morgan fingerprint density at radius 2 is 0.645 bits per heavy atom. The monoisotopic (exact) mass is 1320 g/mol. The average molecular weight is 1320 g/mol.